The Morgan fingerprint density at radius 2 is 1.83 bits per heavy atom. The number of anilines is 1. The minimum absolute atomic E-state index is 0.114. The first-order valence-electron chi connectivity index (χ1n) is 8.78. The van der Waals surface area contributed by atoms with Gasteiger partial charge in [-0.05, 0) is 18.2 Å². The molecule has 1 aliphatic rings. The number of benzodiazepines with no additional fused rings is 1. The number of amides is 1. The summed E-state index contributed by atoms with van der Waals surface area (Å²) in [5, 5.41) is 18.3. The number of carbonyl (C=O) groups excluding carboxylic acids is 1. The predicted molar refractivity (Wildman–Crippen MR) is 116 cm³/mol. The molecule has 2 heterocycles. The SMILES string of the molecule is N#Cc1ccc(C(=N)ON)s1.NC1N=C(c2ccccc2)c2ccccc2NC1=O. The molecule has 0 radical (unpaired) electrons. The molecule has 1 aromatic heterocycles. The van der Waals surface area contributed by atoms with Crippen molar-refractivity contribution in [2.45, 2.75) is 6.17 Å². The molecule has 30 heavy (non-hydrogen) atoms. The van der Waals surface area contributed by atoms with Crippen molar-refractivity contribution >= 4 is 34.5 Å². The second-order valence-corrected chi connectivity index (χ2v) is 7.13. The first kappa shape index (κ1) is 20.9. The number of aliphatic imine (C=N–C) groups is 1. The second-order valence-electron chi connectivity index (χ2n) is 6.05. The van der Waals surface area contributed by atoms with E-state index >= 15 is 0 Å². The number of hydrogen-bond donors (Lipinski definition) is 4. The summed E-state index contributed by atoms with van der Waals surface area (Å²) in [5.74, 6) is 4.35. The highest BCUT2D eigenvalue weighted by atomic mass is 32.1. The topological polar surface area (TPSA) is 150 Å². The largest absolute Gasteiger partial charge is 0.390 e. The van der Waals surface area contributed by atoms with E-state index in [1.54, 1.807) is 12.1 Å². The van der Waals surface area contributed by atoms with Gasteiger partial charge in [0.15, 0.2) is 6.17 Å². The molecule has 0 saturated carbocycles. The molecular weight excluding hydrogens is 400 g/mol. The highest BCUT2D eigenvalue weighted by Gasteiger charge is 2.22. The van der Waals surface area contributed by atoms with Gasteiger partial charge in [0.1, 0.15) is 10.9 Å². The molecule has 2 aromatic carbocycles. The summed E-state index contributed by atoms with van der Waals surface area (Å²) >= 11 is 1.17. The van der Waals surface area contributed by atoms with Crippen molar-refractivity contribution in [1.29, 1.82) is 10.7 Å². The van der Waals surface area contributed by atoms with Crippen LogP contribution in [0.2, 0.25) is 0 Å². The third-order valence-corrected chi connectivity index (χ3v) is 5.07. The summed E-state index contributed by atoms with van der Waals surface area (Å²) in [7, 11) is 0. The molecule has 0 fully saturated rings. The average Bonchev–Trinajstić information content (AvgIpc) is 3.23. The number of nitriles is 1. The highest BCUT2D eigenvalue weighted by molar-refractivity contribution is 7.14. The van der Waals surface area contributed by atoms with Crippen molar-refractivity contribution in [2.24, 2.45) is 16.6 Å². The maximum absolute atomic E-state index is 11.8. The average molecular weight is 418 g/mol. The Balaban J connectivity index is 0.000000199. The van der Waals surface area contributed by atoms with Gasteiger partial charge < -0.3 is 15.9 Å². The molecule has 1 unspecified atom stereocenters. The fourth-order valence-corrected chi connectivity index (χ4v) is 3.37. The Morgan fingerprint density at radius 1 is 1.13 bits per heavy atom. The molecule has 1 atom stereocenters. The molecular formula is C21H18N6O2S. The van der Waals surface area contributed by atoms with Crippen LogP contribution in [0.4, 0.5) is 5.69 Å². The van der Waals surface area contributed by atoms with Gasteiger partial charge in [-0.2, -0.15) is 11.2 Å². The van der Waals surface area contributed by atoms with Gasteiger partial charge in [0.25, 0.3) is 5.91 Å². The number of rotatable bonds is 2. The summed E-state index contributed by atoms with van der Waals surface area (Å²) in [5.41, 5.74) is 9.09. The molecule has 9 heteroatoms. The van der Waals surface area contributed by atoms with Gasteiger partial charge in [0, 0.05) is 11.1 Å². The molecule has 0 spiro atoms. The van der Waals surface area contributed by atoms with Crippen molar-refractivity contribution in [3.05, 3.63) is 87.6 Å². The number of carbonyl (C=O) groups is 1. The van der Waals surface area contributed by atoms with Crippen LogP contribution in [-0.4, -0.2) is 23.7 Å². The zero-order chi connectivity index (χ0) is 21.5. The Kier molecular flexibility index (Phi) is 6.67. The van der Waals surface area contributed by atoms with Crippen molar-refractivity contribution in [2.75, 3.05) is 5.32 Å². The lowest BCUT2D eigenvalue weighted by atomic mass is 10.0. The molecule has 1 aliphatic heterocycles. The van der Waals surface area contributed by atoms with E-state index < -0.39 is 6.17 Å². The van der Waals surface area contributed by atoms with Crippen LogP contribution >= 0.6 is 11.3 Å². The molecule has 3 aromatic rings. The predicted octanol–water partition coefficient (Wildman–Crippen LogP) is 2.60. The molecule has 150 valence electrons. The van der Waals surface area contributed by atoms with Crippen LogP contribution in [0.1, 0.15) is 20.9 Å². The van der Waals surface area contributed by atoms with Crippen LogP contribution in [0.3, 0.4) is 0 Å². The summed E-state index contributed by atoms with van der Waals surface area (Å²) in [6.45, 7) is 0. The number of hydrogen-bond acceptors (Lipinski definition) is 8. The standard InChI is InChI=1S/C15H13N3O.C6H5N3OS/c16-14-15(19)17-12-9-5-4-8-11(12)13(18-14)10-6-2-1-3-7-10;7-3-4-1-2-5(11-4)6(8)10-9/h1-9,14H,16H2,(H,17,19);1-2,8H,9H2. The summed E-state index contributed by atoms with van der Waals surface area (Å²) in [6, 6.07) is 22.5. The number of nitrogens with zero attached hydrogens (tertiary/aromatic N) is 2. The van der Waals surface area contributed by atoms with Crippen molar-refractivity contribution < 1.29 is 9.63 Å². The lowest BCUT2D eigenvalue weighted by Crippen LogP contribution is -2.33. The molecule has 1 amide bonds. The smallest absolute Gasteiger partial charge is 0.263 e. The van der Waals surface area contributed by atoms with E-state index in [-0.39, 0.29) is 11.8 Å². The van der Waals surface area contributed by atoms with Gasteiger partial charge in [-0.1, -0.05) is 48.5 Å². The Morgan fingerprint density at radius 3 is 2.50 bits per heavy atom. The third kappa shape index (κ3) is 4.76. The van der Waals surface area contributed by atoms with Gasteiger partial charge in [-0.15, -0.1) is 11.3 Å². The summed E-state index contributed by atoms with van der Waals surface area (Å²) in [6.07, 6.45) is -0.886. The van der Waals surface area contributed by atoms with Crippen LogP contribution in [0.25, 0.3) is 0 Å². The third-order valence-electron chi connectivity index (χ3n) is 4.08. The van der Waals surface area contributed by atoms with Crippen LogP contribution in [0.15, 0.2) is 71.7 Å². The van der Waals surface area contributed by atoms with E-state index in [1.807, 2.05) is 60.7 Å². The van der Waals surface area contributed by atoms with Gasteiger partial charge >= 0.3 is 0 Å². The first-order chi connectivity index (χ1) is 14.5. The minimum atomic E-state index is -0.886. The normalized spacial score (nSPS) is 14.6. The molecule has 4 rings (SSSR count). The van der Waals surface area contributed by atoms with E-state index in [1.165, 1.54) is 11.3 Å². The van der Waals surface area contributed by atoms with Crippen LogP contribution in [-0.2, 0) is 9.63 Å². The number of thiophene rings is 1. The van der Waals surface area contributed by atoms with Crippen LogP contribution in [0, 0.1) is 16.7 Å². The fraction of sp³-hybridized carbons (Fsp3) is 0.0476. The Bertz CT molecular complexity index is 1130. The number of para-hydroxylation sites is 1. The van der Waals surface area contributed by atoms with E-state index in [4.69, 9.17) is 22.3 Å². The van der Waals surface area contributed by atoms with E-state index in [9.17, 15) is 4.79 Å². The van der Waals surface area contributed by atoms with Gasteiger partial charge in [-0.3, -0.25) is 15.2 Å². The van der Waals surface area contributed by atoms with Crippen molar-refractivity contribution in [3.8, 4) is 6.07 Å². The molecule has 0 aliphatic carbocycles. The van der Waals surface area contributed by atoms with E-state index in [0.29, 0.717) is 9.75 Å². The van der Waals surface area contributed by atoms with Gasteiger partial charge in [-0.25, -0.2) is 0 Å². The fourth-order valence-electron chi connectivity index (χ4n) is 2.68. The molecule has 8 nitrogen and oxygen atoms in total. The lowest BCUT2D eigenvalue weighted by molar-refractivity contribution is -0.117. The van der Waals surface area contributed by atoms with Crippen molar-refractivity contribution in [3.63, 3.8) is 0 Å². The lowest BCUT2D eigenvalue weighted by Gasteiger charge is -2.09. The van der Waals surface area contributed by atoms with E-state index in [2.05, 4.69) is 15.1 Å². The maximum atomic E-state index is 11.8. The maximum Gasteiger partial charge on any atom is 0.263 e. The first-order valence-corrected chi connectivity index (χ1v) is 9.59. The van der Waals surface area contributed by atoms with Crippen LogP contribution < -0.4 is 16.9 Å². The van der Waals surface area contributed by atoms with Crippen molar-refractivity contribution in [1.82, 2.24) is 0 Å². The summed E-state index contributed by atoms with van der Waals surface area (Å²) < 4.78 is 0. The zero-order valence-corrected chi connectivity index (χ0v) is 16.5. The quantitative estimate of drug-likeness (QED) is 0.286. The number of nitrogens with one attached hydrogen (secondary N) is 2. The van der Waals surface area contributed by atoms with Gasteiger partial charge in [0.2, 0.25) is 5.90 Å². The van der Waals surface area contributed by atoms with Crippen LogP contribution in [0.5, 0.6) is 0 Å². The Labute approximate surface area is 176 Å². The molecule has 6 N–H and O–H groups in total. The Hall–Kier alpha value is -3.84. The summed E-state index contributed by atoms with van der Waals surface area (Å²) in [4.78, 5) is 21.4. The van der Waals surface area contributed by atoms with Gasteiger partial charge in [0.05, 0.1) is 16.3 Å². The zero-order valence-electron chi connectivity index (χ0n) is 15.7. The number of fused-ring (bicyclic) bond motifs is 1. The second kappa shape index (κ2) is 9.58. The van der Waals surface area contributed by atoms with E-state index in [0.717, 1.165) is 22.5 Å². The number of nitrogens with two attached hydrogens (primary N) is 2. The monoisotopic (exact) mass is 418 g/mol. The highest BCUT2D eigenvalue weighted by Crippen LogP contribution is 2.23. The minimum Gasteiger partial charge on any atom is -0.390 e. The number of benzene rings is 2. The molecule has 0 saturated heterocycles. The molecule has 0 bridgehead atoms.